The number of aliphatic imine (C=N–C) groups is 1. The topological polar surface area (TPSA) is 66.0 Å². The zero-order valence-corrected chi connectivity index (χ0v) is 18.2. The van der Waals surface area contributed by atoms with Crippen molar-refractivity contribution in [3.8, 4) is 5.75 Å². The number of carbonyl (C=O) groups is 1. The van der Waals surface area contributed by atoms with Gasteiger partial charge in [-0.25, -0.2) is 9.38 Å². The maximum Gasteiger partial charge on any atom is 0.222 e. The molecule has 0 aromatic heterocycles. The van der Waals surface area contributed by atoms with E-state index in [1.165, 1.54) is 12.1 Å². The number of amides is 1. The van der Waals surface area contributed by atoms with Gasteiger partial charge in [0.25, 0.3) is 0 Å². The SMILES string of the molecule is CCNC(=NCc1cccc(CN2CCCC2=O)c1)NCC(C)Oc1ccc(F)cc1. The summed E-state index contributed by atoms with van der Waals surface area (Å²) in [6.45, 7) is 7.30. The van der Waals surface area contributed by atoms with E-state index in [2.05, 4.69) is 27.8 Å². The molecule has 2 N–H and O–H groups in total. The monoisotopic (exact) mass is 426 g/mol. The molecule has 1 fully saturated rings. The Balaban J connectivity index is 1.53. The van der Waals surface area contributed by atoms with Gasteiger partial charge in [-0.05, 0) is 55.7 Å². The predicted octanol–water partition coefficient (Wildman–Crippen LogP) is 3.47. The molecule has 6 nitrogen and oxygen atoms in total. The summed E-state index contributed by atoms with van der Waals surface area (Å²) in [6, 6.07) is 14.2. The van der Waals surface area contributed by atoms with Crippen LogP contribution in [0.15, 0.2) is 53.5 Å². The number of nitrogens with zero attached hydrogens (tertiary/aromatic N) is 2. The van der Waals surface area contributed by atoms with E-state index in [0.29, 0.717) is 37.8 Å². The largest absolute Gasteiger partial charge is 0.489 e. The first-order valence-corrected chi connectivity index (χ1v) is 10.8. The van der Waals surface area contributed by atoms with E-state index in [-0.39, 0.29) is 17.8 Å². The first-order chi connectivity index (χ1) is 15.0. The van der Waals surface area contributed by atoms with Gasteiger partial charge in [0.2, 0.25) is 5.91 Å². The summed E-state index contributed by atoms with van der Waals surface area (Å²) >= 11 is 0. The summed E-state index contributed by atoms with van der Waals surface area (Å²) in [6.07, 6.45) is 1.49. The number of carbonyl (C=O) groups excluding carboxylic acids is 1. The standard InChI is InChI=1S/C24H31FN4O2/c1-3-26-24(27-15-18(2)31-22-11-9-21(25)10-12-22)28-16-19-6-4-7-20(14-19)17-29-13-5-8-23(29)30/h4,6-7,9-12,14,18H,3,5,8,13,15-17H2,1-2H3,(H2,26,27,28). The summed E-state index contributed by atoms with van der Waals surface area (Å²) < 4.78 is 18.8. The number of benzene rings is 2. The van der Waals surface area contributed by atoms with Crippen molar-refractivity contribution < 1.29 is 13.9 Å². The molecule has 0 aliphatic carbocycles. The second kappa shape index (κ2) is 11.3. The van der Waals surface area contributed by atoms with Gasteiger partial charge in [-0.3, -0.25) is 4.79 Å². The predicted molar refractivity (Wildman–Crippen MR) is 120 cm³/mol. The first-order valence-electron chi connectivity index (χ1n) is 10.8. The van der Waals surface area contributed by atoms with Crippen molar-refractivity contribution in [2.24, 2.45) is 4.99 Å². The third kappa shape index (κ3) is 7.27. The Hall–Kier alpha value is -3.09. The van der Waals surface area contributed by atoms with Crippen LogP contribution in [-0.4, -0.2) is 42.5 Å². The molecular weight excluding hydrogens is 395 g/mol. The average Bonchev–Trinajstić information content (AvgIpc) is 3.16. The lowest BCUT2D eigenvalue weighted by atomic mass is 10.1. The summed E-state index contributed by atoms with van der Waals surface area (Å²) in [5, 5.41) is 6.53. The van der Waals surface area contributed by atoms with Crippen LogP contribution >= 0.6 is 0 Å². The van der Waals surface area contributed by atoms with Gasteiger partial charge >= 0.3 is 0 Å². The smallest absolute Gasteiger partial charge is 0.222 e. The van der Waals surface area contributed by atoms with E-state index in [4.69, 9.17) is 4.74 Å². The molecule has 2 aromatic carbocycles. The fraction of sp³-hybridized carbons (Fsp3) is 0.417. The van der Waals surface area contributed by atoms with E-state index in [9.17, 15) is 9.18 Å². The van der Waals surface area contributed by atoms with Crippen molar-refractivity contribution in [3.05, 3.63) is 65.5 Å². The highest BCUT2D eigenvalue weighted by Gasteiger charge is 2.19. The van der Waals surface area contributed by atoms with E-state index < -0.39 is 0 Å². The summed E-state index contributed by atoms with van der Waals surface area (Å²) in [5.41, 5.74) is 2.22. The molecule has 0 bridgehead atoms. The highest BCUT2D eigenvalue weighted by molar-refractivity contribution is 5.79. The van der Waals surface area contributed by atoms with Crippen LogP contribution in [0.2, 0.25) is 0 Å². The molecule has 1 aliphatic heterocycles. The van der Waals surface area contributed by atoms with Crippen LogP contribution in [0.3, 0.4) is 0 Å². The molecule has 0 spiro atoms. The van der Waals surface area contributed by atoms with Crippen LogP contribution < -0.4 is 15.4 Å². The van der Waals surface area contributed by atoms with Crippen LogP contribution in [0.1, 0.15) is 37.8 Å². The Morgan fingerprint density at radius 3 is 2.68 bits per heavy atom. The maximum absolute atomic E-state index is 13.0. The lowest BCUT2D eigenvalue weighted by Gasteiger charge is -2.18. The van der Waals surface area contributed by atoms with Crippen molar-refractivity contribution in [2.45, 2.75) is 45.9 Å². The van der Waals surface area contributed by atoms with Crippen molar-refractivity contribution in [3.63, 3.8) is 0 Å². The number of guanidine groups is 1. The molecule has 0 radical (unpaired) electrons. The van der Waals surface area contributed by atoms with E-state index in [1.54, 1.807) is 12.1 Å². The third-order valence-electron chi connectivity index (χ3n) is 5.01. The second-order valence-corrected chi connectivity index (χ2v) is 7.70. The van der Waals surface area contributed by atoms with Crippen LogP contribution in [0.4, 0.5) is 4.39 Å². The third-order valence-corrected chi connectivity index (χ3v) is 5.01. The van der Waals surface area contributed by atoms with Crippen LogP contribution in [0.5, 0.6) is 5.75 Å². The number of hydrogen-bond donors (Lipinski definition) is 2. The number of rotatable bonds is 9. The minimum atomic E-state index is -0.282. The highest BCUT2D eigenvalue weighted by Crippen LogP contribution is 2.16. The quantitative estimate of drug-likeness (QED) is 0.476. The van der Waals surface area contributed by atoms with Crippen LogP contribution in [0, 0.1) is 5.82 Å². The number of halogens is 1. The number of likely N-dealkylation sites (tertiary alicyclic amines) is 1. The highest BCUT2D eigenvalue weighted by atomic mass is 19.1. The van der Waals surface area contributed by atoms with E-state index in [0.717, 1.165) is 30.6 Å². The first kappa shape index (κ1) is 22.6. The summed E-state index contributed by atoms with van der Waals surface area (Å²) in [5.74, 6) is 1.29. The van der Waals surface area contributed by atoms with Crippen molar-refractivity contribution in [2.75, 3.05) is 19.6 Å². The van der Waals surface area contributed by atoms with Crippen LogP contribution in [0.25, 0.3) is 0 Å². The van der Waals surface area contributed by atoms with Gasteiger partial charge in [0.15, 0.2) is 5.96 Å². The summed E-state index contributed by atoms with van der Waals surface area (Å²) in [7, 11) is 0. The van der Waals surface area contributed by atoms with Crippen molar-refractivity contribution >= 4 is 11.9 Å². The van der Waals surface area contributed by atoms with Gasteiger partial charge in [0.05, 0.1) is 13.1 Å². The second-order valence-electron chi connectivity index (χ2n) is 7.70. The lowest BCUT2D eigenvalue weighted by molar-refractivity contribution is -0.128. The van der Waals surface area contributed by atoms with Gasteiger partial charge in [0, 0.05) is 26.1 Å². The Bertz CT molecular complexity index is 885. The van der Waals surface area contributed by atoms with Gasteiger partial charge in [0.1, 0.15) is 17.7 Å². The van der Waals surface area contributed by atoms with E-state index >= 15 is 0 Å². The molecule has 7 heteroatoms. The van der Waals surface area contributed by atoms with Gasteiger partial charge < -0.3 is 20.3 Å². The summed E-state index contributed by atoms with van der Waals surface area (Å²) in [4.78, 5) is 18.5. The van der Waals surface area contributed by atoms with Crippen molar-refractivity contribution in [1.29, 1.82) is 0 Å². The molecule has 166 valence electrons. The lowest BCUT2D eigenvalue weighted by Crippen LogP contribution is -2.41. The van der Waals surface area contributed by atoms with Gasteiger partial charge in [-0.15, -0.1) is 0 Å². The Morgan fingerprint density at radius 2 is 1.97 bits per heavy atom. The van der Waals surface area contributed by atoms with Crippen molar-refractivity contribution in [1.82, 2.24) is 15.5 Å². The fourth-order valence-corrected chi connectivity index (χ4v) is 3.46. The Labute approximate surface area is 183 Å². The van der Waals surface area contributed by atoms with Crippen LogP contribution in [-0.2, 0) is 17.9 Å². The molecular formula is C24H31FN4O2. The fourth-order valence-electron chi connectivity index (χ4n) is 3.46. The minimum Gasteiger partial charge on any atom is -0.489 e. The molecule has 1 unspecified atom stereocenters. The normalized spacial score (nSPS) is 15.1. The number of ether oxygens (including phenoxy) is 1. The molecule has 1 saturated heterocycles. The Morgan fingerprint density at radius 1 is 1.19 bits per heavy atom. The van der Waals surface area contributed by atoms with Gasteiger partial charge in [-0.2, -0.15) is 0 Å². The molecule has 31 heavy (non-hydrogen) atoms. The molecule has 3 rings (SSSR count). The Kier molecular flexibility index (Phi) is 8.27. The minimum absolute atomic E-state index is 0.115. The van der Waals surface area contributed by atoms with E-state index in [1.807, 2.05) is 30.9 Å². The maximum atomic E-state index is 13.0. The zero-order valence-electron chi connectivity index (χ0n) is 18.2. The molecule has 0 saturated carbocycles. The number of nitrogens with one attached hydrogen (secondary N) is 2. The number of hydrogen-bond acceptors (Lipinski definition) is 3. The molecule has 1 heterocycles. The molecule has 1 amide bonds. The van der Waals surface area contributed by atoms with Gasteiger partial charge in [-0.1, -0.05) is 24.3 Å². The average molecular weight is 427 g/mol. The molecule has 1 atom stereocenters. The molecule has 1 aliphatic rings. The molecule has 2 aromatic rings. The zero-order chi connectivity index (χ0) is 22.1.